The molecule has 2 aromatic heterocycles. The fourth-order valence-electron chi connectivity index (χ4n) is 5.04. The Balaban J connectivity index is 1.39. The van der Waals surface area contributed by atoms with Crippen molar-refractivity contribution in [3.05, 3.63) is 54.6 Å². The number of aromatic nitrogens is 3. The summed E-state index contributed by atoms with van der Waals surface area (Å²) in [5.41, 5.74) is 1.27. The second kappa shape index (κ2) is 7.12. The molecule has 8 heteroatoms. The van der Waals surface area contributed by atoms with E-state index in [9.17, 15) is 14.7 Å². The van der Waals surface area contributed by atoms with E-state index in [2.05, 4.69) is 19.9 Å². The highest BCUT2D eigenvalue weighted by Crippen LogP contribution is 2.47. The zero-order valence-corrected chi connectivity index (χ0v) is 16.5. The first kappa shape index (κ1) is 18.6. The fourth-order valence-corrected chi connectivity index (χ4v) is 5.04. The maximum absolute atomic E-state index is 13.2. The molecule has 0 aliphatic carbocycles. The van der Waals surface area contributed by atoms with Gasteiger partial charge in [0.25, 0.3) is 5.91 Å². The first-order valence-electron chi connectivity index (χ1n) is 10.1. The SMILES string of the molecule is O=C(O)CC[C@@]12CN(C(=O)c3cc4ccccc4[nH]3)C[C@@H]1CN(c1cnccn1)C2. The van der Waals surface area contributed by atoms with Crippen molar-refractivity contribution in [1.29, 1.82) is 0 Å². The standard InChI is InChI=1S/C22H23N5O3/c28-20(29)5-6-22-13-26(19-10-23-7-8-24-19)11-16(22)12-27(14-22)21(30)18-9-15-3-1-2-4-17(15)25-18/h1-4,7-10,16,25H,5-6,11-14H2,(H,28,29)/t16-,22+/m0/s1. The van der Waals surface area contributed by atoms with Crippen molar-refractivity contribution >= 4 is 28.6 Å². The highest BCUT2D eigenvalue weighted by molar-refractivity contribution is 5.98. The summed E-state index contributed by atoms with van der Waals surface area (Å²) >= 11 is 0. The lowest BCUT2D eigenvalue weighted by Crippen LogP contribution is -2.37. The highest BCUT2D eigenvalue weighted by atomic mass is 16.4. The smallest absolute Gasteiger partial charge is 0.303 e. The van der Waals surface area contributed by atoms with Gasteiger partial charge in [-0.05, 0) is 18.6 Å². The molecule has 3 aromatic rings. The van der Waals surface area contributed by atoms with Crippen LogP contribution in [0.5, 0.6) is 0 Å². The summed E-state index contributed by atoms with van der Waals surface area (Å²) in [4.78, 5) is 40.4. The van der Waals surface area contributed by atoms with Gasteiger partial charge in [0.2, 0.25) is 0 Å². The van der Waals surface area contributed by atoms with Crippen LogP contribution in [-0.2, 0) is 4.79 Å². The summed E-state index contributed by atoms with van der Waals surface area (Å²) in [7, 11) is 0. The number of carboxylic acid groups (broad SMARTS) is 1. The summed E-state index contributed by atoms with van der Waals surface area (Å²) in [5, 5.41) is 10.3. The van der Waals surface area contributed by atoms with Crippen LogP contribution < -0.4 is 4.90 Å². The molecular formula is C22H23N5O3. The third-order valence-electron chi connectivity index (χ3n) is 6.52. The van der Waals surface area contributed by atoms with Gasteiger partial charge in [0.05, 0.1) is 6.20 Å². The van der Waals surface area contributed by atoms with E-state index in [0.717, 1.165) is 23.3 Å². The summed E-state index contributed by atoms with van der Waals surface area (Å²) in [6, 6.07) is 9.72. The van der Waals surface area contributed by atoms with Crippen LogP contribution >= 0.6 is 0 Å². The molecule has 5 rings (SSSR count). The lowest BCUT2D eigenvalue weighted by Gasteiger charge is -2.29. The zero-order chi connectivity index (χ0) is 20.7. The van der Waals surface area contributed by atoms with Crippen molar-refractivity contribution < 1.29 is 14.7 Å². The van der Waals surface area contributed by atoms with Crippen molar-refractivity contribution in [2.45, 2.75) is 12.8 Å². The number of nitrogens with zero attached hydrogens (tertiary/aromatic N) is 4. The van der Waals surface area contributed by atoms with Gasteiger partial charge in [-0.15, -0.1) is 0 Å². The molecule has 2 N–H and O–H groups in total. The number of nitrogens with one attached hydrogen (secondary N) is 1. The number of amides is 1. The number of carbonyl (C=O) groups is 2. The number of benzene rings is 1. The predicted molar refractivity (Wildman–Crippen MR) is 111 cm³/mol. The molecule has 2 aliphatic heterocycles. The lowest BCUT2D eigenvalue weighted by atomic mass is 9.77. The van der Waals surface area contributed by atoms with E-state index in [1.54, 1.807) is 18.6 Å². The Morgan fingerprint density at radius 3 is 2.83 bits per heavy atom. The topological polar surface area (TPSA) is 102 Å². The maximum Gasteiger partial charge on any atom is 0.303 e. The number of aliphatic carboxylic acids is 1. The van der Waals surface area contributed by atoms with E-state index >= 15 is 0 Å². The largest absolute Gasteiger partial charge is 0.481 e. The number of para-hydroxylation sites is 1. The van der Waals surface area contributed by atoms with Gasteiger partial charge in [-0.3, -0.25) is 14.6 Å². The van der Waals surface area contributed by atoms with E-state index in [1.807, 2.05) is 35.2 Å². The van der Waals surface area contributed by atoms with E-state index in [0.29, 0.717) is 31.7 Å². The molecule has 8 nitrogen and oxygen atoms in total. The number of likely N-dealkylation sites (tertiary alicyclic amines) is 1. The molecule has 0 radical (unpaired) electrons. The molecular weight excluding hydrogens is 382 g/mol. The maximum atomic E-state index is 13.2. The molecule has 154 valence electrons. The highest BCUT2D eigenvalue weighted by Gasteiger charge is 2.53. The van der Waals surface area contributed by atoms with Gasteiger partial charge in [-0.2, -0.15) is 0 Å². The number of carboxylic acids is 1. The van der Waals surface area contributed by atoms with Gasteiger partial charge in [-0.1, -0.05) is 18.2 Å². The number of anilines is 1. The van der Waals surface area contributed by atoms with Crippen LogP contribution in [0.3, 0.4) is 0 Å². The molecule has 1 aromatic carbocycles. The molecule has 2 aliphatic rings. The number of rotatable bonds is 5. The first-order chi connectivity index (χ1) is 14.5. The molecule has 0 saturated carbocycles. The van der Waals surface area contributed by atoms with Crippen LogP contribution in [0.15, 0.2) is 48.9 Å². The first-order valence-corrected chi connectivity index (χ1v) is 10.1. The quantitative estimate of drug-likeness (QED) is 0.676. The molecule has 30 heavy (non-hydrogen) atoms. The third kappa shape index (κ3) is 3.18. The van der Waals surface area contributed by atoms with Crippen LogP contribution in [0, 0.1) is 11.3 Å². The molecule has 2 atom stereocenters. The summed E-state index contributed by atoms with van der Waals surface area (Å²) in [6.07, 6.45) is 5.68. The van der Waals surface area contributed by atoms with Crippen LogP contribution in [0.25, 0.3) is 10.9 Å². The number of hydrogen-bond donors (Lipinski definition) is 2. The normalized spacial score (nSPS) is 23.1. The molecule has 1 amide bonds. The molecule has 2 fully saturated rings. The van der Waals surface area contributed by atoms with Crippen molar-refractivity contribution in [3.8, 4) is 0 Å². The Labute approximate surface area is 173 Å². The summed E-state index contributed by atoms with van der Waals surface area (Å²) in [5.74, 6) is 0.171. The Morgan fingerprint density at radius 1 is 1.20 bits per heavy atom. The third-order valence-corrected chi connectivity index (χ3v) is 6.52. The Kier molecular flexibility index (Phi) is 4.42. The summed E-state index contributed by atoms with van der Waals surface area (Å²) < 4.78 is 0. The van der Waals surface area contributed by atoms with E-state index in [4.69, 9.17) is 0 Å². The minimum atomic E-state index is -0.804. The van der Waals surface area contributed by atoms with E-state index in [1.165, 1.54) is 0 Å². The number of aromatic amines is 1. The Hall–Kier alpha value is -3.42. The second-order valence-corrected chi connectivity index (χ2v) is 8.35. The van der Waals surface area contributed by atoms with Gasteiger partial charge in [0.1, 0.15) is 11.5 Å². The van der Waals surface area contributed by atoms with E-state index < -0.39 is 5.97 Å². The van der Waals surface area contributed by atoms with Gasteiger partial charge < -0.3 is 19.9 Å². The van der Waals surface area contributed by atoms with E-state index in [-0.39, 0.29) is 23.7 Å². The Morgan fingerprint density at radius 2 is 2.07 bits per heavy atom. The molecule has 0 bridgehead atoms. The average molecular weight is 405 g/mol. The number of fused-ring (bicyclic) bond motifs is 2. The monoisotopic (exact) mass is 405 g/mol. The number of H-pyrrole nitrogens is 1. The predicted octanol–water partition coefficient (Wildman–Crippen LogP) is 2.40. The molecule has 4 heterocycles. The minimum Gasteiger partial charge on any atom is -0.481 e. The average Bonchev–Trinajstić information content (AvgIpc) is 3.43. The van der Waals surface area contributed by atoms with Crippen LogP contribution in [0.2, 0.25) is 0 Å². The van der Waals surface area contributed by atoms with Crippen LogP contribution in [0.1, 0.15) is 23.3 Å². The molecule has 2 saturated heterocycles. The number of hydrogen-bond acceptors (Lipinski definition) is 5. The lowest BCUT2D eigenvalue weighted by molar-refractivity contribution is -0.137. The Bertz CT molecular complexity index is 1070. The van der Waals surface area contributed by atoms with Gasteiger partial charge in [0.15, 0.2) is 0 Å². The van der Waals surface area contributed by atoms with Crippen molar-refractivity contribution in [2.24, 2.45) is 11.3 Å². The van der Waals surface area contributed by atoms with Gasteiger partial charge >= 0.3 is 5.97 Å². The number of carbonyl (C=O) groups excluding carboxylic acids is 1. The van der Waals surface area contributed by atoms with Gasteiger partial charge in [-0.25, -0.2) is 4.98 Å². The van der Waals surface area contributed by atoms with Crippen LogP contribution in [0.4, 0.5) is 5.82 Å². The zero-order valence-electron chi connectivity index (χ0n) is 16.5. The van der Waals surface area contributed by atoms with Crippen molar-refractivity contribution in [1.82, 2.24) is 19.9 Å². The summed E-state index contributed by atoms with van der Waals surface area (Å²) in [6.45, 7) is 2.59. The molecule has 0 spiro atoms. The van der Waals surface area contributed by atoms with Crippen molar-refractivity contribution in [3.63, 3.8) is 0 Å². The molecule has 0 unspecified atom stereocenters. The van der Waals surface area contributed by atoms with Crippen LogP contribution in [-0.4, -0.2) is 63.0 Å². The minimum absolute atomic E-state index is 0.0265. The van der Waals surface area contributed by atoms with Crippen molar-refractivity contribution in [2.75, 3.05) is 31.1 Å². The second-order valence-electron chi connectivity index (χ2n) is 8.35. The fraction of sp³-hybridized carbons (Fsp3) is 0.364. The van der Waals surface area contributed by atoms with Gasteiger partial charge in [0, 0.05) is 67.2 Å².